The molecule has 0 spiro atoms. The molecular weight excluding hydrogens is 454 g/mol. The monoisotopic (exact) mass is 483 g/mol. The molecule has 0 saturated carbocycles. The van der Waals surface area contributed by atoms with E-state index in [1.54, 1.807) is 6.07 Å². The minimum Gasteiger partial charge on any atom is -0.496 e. The highest BCUT2D eigenvalue weighted by molar-refractivity contribution is 5.88. The van der Waals surface area contributed by atoms with Gasteiger partial charge in [-0.25, -0.2) is 4.79 Å². The summed E-state index contributed by atoms with van der Waals surface area (Å²) < 4.78 is 11.0. The number of carbonyl (C=O) groups is 1. The van der Waals surface area contributed by atoms with Crippen molar-refractivity contribution < 1.29 is 24.5 Å². The molecule has 5 rings (SSSR count). The van der Waals surface area contributed by atoms with Crippen LogP contribution in [0.4, 0.5) is 4.79 Å². The topological polar surface area (TPSA) is 88.0 Å². The van der Waals surface area contributed by atoms with Crippen LogP contribution in [0.15, 0.2) is 84.9 Å². The van der Waals surface area contributed by atoms with Gasteiger partial charge in [-0.15, -0.1) is 0 Å². The highest BCUT2D eigenvalue weighted by atomic mass is 16.5. The number of aliphatic hydroxyl groups excluding tert-OH is 2. The van der Waals surface area contributed by atoms with Crippen molar-refractivity contribution in [2.45, 2.75) is 24.5 Å². The molecule has 4 aromatic carbocycles. The number of rotatable bonds is 8. The molecule has 0 saturated heterocycles. The van der Waals surface area contributed by atoms with E-state index in [0.717, 1.165) is 21.9 Å². The second-order valence-electron chi connectivity index (χ2n) is 8.96. The smallest absolute Gasteiger partial charge is 0.407 e. The zero-order valence-electron chi connectivity index (χ0n) is 20.1. The van der Waals surface area contributed by atoms with Crippen LogP contribution in [0.25, 0.3) is 21.9 Å². The summed E-state index contributed by atoms with van der Waals surface area (Å²) in [6.45, 7) is 0.375. The average molecular weight is 484 g/mol. The van der Waals surface area contributed by atoms with Gasteiger partial charge in [0.1, 0.15) is 18.5 Å². The van der Waals surface area contributed by atoms with Crippen molar-refractivity contribution in [2.75, 3.05) is 20.3 Å². The van der Waals surface area contributed by atoms with Gasteiger partial charge in [-0.3, -0.25) is 0 Å². The van der Waals surface area contributed by atoms with Crippen molar-refractivity contribution in [3.8, 4) is 16.9 Å². The predicted molar refractivity (Wildman–Crippen MR) is 139 cm³/mol. The van der Waals surface area contributed by atoms with Gasteiger partial charge in [0, 0.05) is 18.0 Å². The fourth-order valence-corrected chi connectivity index (χ4v) is 5.08. The fourth-order valence-electron chi connectivity index (χ4n) is 5.08. The molecule has 2 atom stereocenters. The van der Waals surface area contributed by atoms with Crippen molar-refractivity contribution in [3.05, 3.63) is 102 Å². The van der Waals surface area contributed by atoms with E-state index < -0.39 is 18.3 Å². The van der Waals surface area contributed by atoms with Crippen LogP contribution in [0.5, 0.6) is 5.75 Å². The molecule has 0 fully saturated rings. The lowest BCUT2D eigenvalue weighted by molar-refractivity contribution is 0.0132. The summed E-state index contributed by atoms with van der Waals surface area (Å²) in [7, 11) is 1.53. The van der Waals surface area contributed by atoms with Gasteiger partial charge < -0.3 is 25.0 Å². The Hall–Kier alpha value is -3.87. The first-order valence-electron chi connectivity index (χ1n) is 12.1. The Balaban J connectivity index is 1.18. The number of hydrogen-bond donors (Lipinski definition) is 3. The van der Waals surface area contributed by atoms with Crippen molar-refractivity contribution in [2.24, 2.45) is 0 Å². The summed E-state index contributed by atoms with van der Waals surface area (Å²) in [6, 6.07) is 27.6. The fraction of sp³-hybridized carbons (Fsp3) is 0.233. The molecular formula is C30H29NO5. The molecule has 0 aliphatic heterocycles. The van der Waals surface area contributed by atoms with Crippen LogP contribution in [0.3, 0.4) is 0 Å². The van der Waals surface area contributed by atoms with Gasteiger partial charge in [-0.2, -0.15) is 0 Å². The van der Waals surface area contributed by atoms with E-state index in [-0.39, 0.29) is 25.5 Å². The number of methoxy groups -OCH3 is 1. The second kappa shape index (κ2) is 10.4. The third kappa shape index (κ3) is 4.53. The first kappa shape index (κ1) is 23.9. The number of fused-ring (bicyclic) bond motifs is 4. The first-order valence-corrected chi connectivity index (χ1v) is 12.1. The third-order valence-corrected chi connectivity index (χ3v) is 6.86. The van der Waals surface area contributed by atoms with Crippen molar-refractivity contribution >= 4 is 16.9 Å². The molecule has 1 amide bonds. The van der Waals surface area contributed by atoms with E-state index in [4.69, 9.17) is 9.47 Å². The van der Waals surface area contributed by atoms with E-state index in [1.165, 1.54) is 18.2 Å². The number of alkyl carbamates (subject to hydrolysis) is 1. The lowest BCUT2D eigenvalue weighted by atomic mass is 9.95. The molecule has 1 aliphatic rings. The lowest BCUT2D eigenvalue weighted by Gasteiger charge is -2.22. The minimum atomic E-state index is -1.17. The van der Waals surface area contributed by atoms with Gasteiger partial charge >= 0.3 is 6.09 Å². The molecule has 4 aromatic rings. The van der Waals surface area contributed by atoms with E-state index in [0.29, 0.717) is 11.3 Å². The number of ether oxygens (including phenoxy) is 2. The number of benzene rings is 4. The quantitative estimate of drug-likeness (QED) is 0.322. The number of amides is 1. The van der Waals surface area contributed by atoms with Gasteiger partial charge in [-0.1, -0.05) is 78.9 Å². The molecule has 36 heavy (non-hydrogen) atoms. The molecule has 1 aliphatic carbocycles. The Kier molecular flexibility index (Phi) is 6.89. The summed E-state index contributed by atoms with van der Waals surface area (Å²) in [5.41, 5.74) is 5.17. The van der Waals surface area contributed by atoms with Crippen LogP contribution < -0.4 is 10.1 Å². The summed E-state index contributed by atoms with van der Waals surface area (Å²) in [4.78, 5) is 12.4. The molecule has 0 heterocycles. The van der Waals surface area contributed by atoms with E-state index >= 15 is 0 Å². The predicted octanol–water partition coefficient (Wildman–Crippen LogP) is 5.17. The highest BCUT2D eigenvalue weighted by Gasteiger charge is 2.29. The van der Waals surface area contributed by atoms with Crippen LogP contribution in [-0.4, -0.2) is 42.7 Å². The van der Waals surface area contributed by atoms with E-state index in [9.17, 15) is 15.0 Å². The SMILES string of the molecule is COc1ccc2ccccc2c1C(O)C(O)CCNC(=O)OCC1c2ccccc2-c2ccccc21. The van der Waals surface area contributed by atoms with Crippen molar-refractivity contribution in [1.82, 2.24) is 5.32 Å². The van der Waals surface area contributed by atoms with Crippen LogP contribution in [0.1, 0.15) is 35.1 Å². The normalized spacial score (nSPS) is 14.1. The highest BCUT2D eigenvalue weighted by Crippen LogP contribution is 2.44. The number of carbonyl (C=O) groups excluding carboxylic acids is 1. The van der Waals surface area contributed by atoms with E-state index in [2.05, 4.69) is 29.6 Å². The molecule has 2 unspecified atom stereocenters. The summed E-state index contributed by atoms with van der Waals surface area (Å²) in [5, 5.41) is 26.1. The maximum absolute atomic E-state index is 12.4. The largest absolute Gasteiger partial charge is 0.496 e. The van der Waals surface area contributed by atoms with Crippen LogP contribution >= 0.6 is 0 Å². The first-order chi connectivity index (χ1) is 17.6. The van der Waals surface area contributed by atoms with Crippen molar-refractivity contribution in [3.63, 3.8) is 0 Å². The summed E-state index contributed by atoms with van der Waals surface area (Å²) >= 11 is 0. The Bertz CT molecular complexity index is 1340. The Morgan fingerprint density at radius 3 is 2.22 bits per heavy atom. The van der Waals surface area contributed by atoms with Gasteiger partial charge in [0.15, 0.2) is 0 Å². The Morgan fingerprint density at radius 1 is 0.889 bits per heavy atom. The standard InChI is InChI=1S/C30H29NO5/c1-35-27-15-14-19-8-2-3-9-20(19)28(27)29(33)26(32)16-17-31-30(34)36-18-25-23-12-6-4-10-21(23)22-11-5-7-13-24(22)25/h2-15,25-26,29,32-33H,16-18H2,1H3,(H,31,34). The Morgan fingerprint density at radius 2 is 1.53 bits per heavy atom. The van der Waals surface area contributed by atoms with Crippen LogP contribution in [0.2, 0.25) is 0 Å². The minimum absolute atomic E-state index is 0.0191. The van der Waals surface area contributed by atoms with Gasteiger partial charge in [0.25, 0.3) is 0 Å². The zero-order valence-corrected chi connectivity index (χ0v) is 20.1. The summed E-state index contributed by atoms with van der Waals surface area (Å²) in [5.74, 6) is 0.485. The van der Waals surface area contributed by atoms with Crippen LogP contribution in [0, 0.1) is 0 Å². The maximum atomic E-state index is 12.4. The number of hydrogen-bond acceptors (Lipinski definition) is 5. The average Bonchev–Trinajstić information content (AvgIpc) is 3.24. The molecule has 0 bridgehead atoms. The maximum Gasteiger partial charge on any atom is 0.407 e. The second-order valence-corrected chi connectivity index (χ2v) is 8.96. The summed E-state index contributed by atoms with van der Waals surface area (Å²) in [6.07, 6.45) is -2.67. The number of nitrogens with one attached hydrogen (secondary N) is 1. The van der Waals surface area contributed by atoms with E-state index in [1.807, 2.05) is 54.6 Å². The molecule has 0 aromatic heterocycles. The molecule has 184 valence electrons. The van der Waals surface area contributed by atoms with Crippen molar-refractivity contribution in [1.29, 1.82) is 0 Å². The zero-order chi connectivity index (χ0) is 25.1. The van der Waals surface area contributed by atoms with Gasteiger partial charge in [-0.05, 0) is 45.5 Å². The Labute approximate surface area is 210 Å². The van der Waals surface area contributed by atoms with Crippen LogP contribution in [-0.2, 0) is 4.74 Å². The molecule has 6 nitrogen and oxygen atoms in total. The van der Waals surface area contributed by atoms with Gasteiger partial charge in [0.05, 0.1) is 13.2 Å². The van der Waals surface area contributed by atoms with Gasteiger partial charge in [0.2, 0.25) is 0 Å². The number of aliphatic hydroxyl groups is 2. The molecule has 0 radical (unpaired) electrons. The lowest BCUT2D eigenvalue weighted by Crippen LogP contribution is -2.30. The third-order valence-electron chi connectivity index (χ3n) is 6.86. The molecule has 6 heteroatoms. The molecule has 3 N–H and O–H groups in total.